The molecule has 1 aliphatic heterocycles. The molecule has 1 N–H and O–H groups in total. The van der Waals surface area contributed by atoms with E-state index < -0.39 is 5.60 Å². The number of imidazole rings is 1. The normalized spacial score (nSPS) is 17.3. The highest BCUT2D eigenvalue weighted by molar-refractivity contribution is 5.80. The van der Waals surface area contributed by atoms with Gasteiger partial charge in [0.25, 0.3) is 0 Å². The number of tetrazole rings is 1. The molecule has 0 aliphatic carbocycles. The fraction of sp³-hybridized carbons (Fsp3) is 0.433. The number of fused-ring (bicyclic) bond motifs is 1. The molecule has 4 aromatic rings. The van der Waals surface area contributed by atoms with E-state index in [4.69, 9.17) is 9.72 Å². The van der Waals surface area contributed by atoms with Crippen LogP contribution in [0.3, 0.4) is 0 Å². The van der Waals surface area contributed by atoms with Crippen LogP contribution in [0.1, 0.15) is 88.8 Å². The Hall–Kier alpha value is -3.81. The van der Waals surface area contributed by atoms with E-state index in [2.05, 4.69) is 62.4 Å². The summed E-state index contributed by atoms with van der Waals surface area (Å²) < 4.78 is 8.05. The summed E-state index contributed by atoms with van der Waals surface area (Å²) in [6, 6.07) is 17.1. The average Bonchev–Trinajstić information content (AvgIpc) is 3.58. The molecule has 3 heterocycles. The Bertz CT molecular complexity index is 1370. The molecule has 8 heteroatoms. The van der Waals surface area contributed by atoms with E-state index in [0.29, 0.717) is 12.2 Å². The quantitative estimate of drug-likeness (QED) is 0.279. The Morgan fingerprint density at radius 1 is 1.08 bits per heavy atom. The van der Waals surface area contributed by atoms with Crippen LogP contribution in [0.2, 0.25) is 0 Å². The number of aryl methyl sites for hydroxylation is 1. The van der Waals surface area contributed by atoms with Gasteiger partial charge in [0.1, 0.15) is 11.4 Å². The van der Waals surface area contributed by atoms with Crippen molar-refractivity contribution in [1.82, 2.24) is 30.2 Å². The first-order valence-corrected chi connectivity index (χ1v) is 13.5. The lowest BCUT2D eigenvalue weighted by molar-refractivity contribution is -0.155. The molecule has 0 saturated carbocycles. The van der Waals surface area contributed by atoms with Crippen LogP contribution in [0.5, 0.6) is 0 Å². The number of ether oxygens (including phenoxy) is 1. The molecule has 2 atom stereocenters. The summed E-state index contributed by atoms with van der Waals surface area (Å²) in [5, 5.41) is 14.6. The standard InChI is InChI=1S/C30H36N6O2/c1-5-6-11-27-31-19-26-22(18-28(37)38-30(2,3)4)16-17-25(36(26)27)21-14-12-20(13-15-21)23-9-7-8-10-24(23)29-32-34-35-33-29/h7-10,12-15,19,22,25H,5-6,11,16-18H2,1-4H3,(H,32,33,34,35)/t22-,25+/m0/s1. The Morgan fingerprint density at radius 2 is 1.84 bits per heavy atom. The summed E-state index contributed by atoms with van der Waals surface area (Å²) in [6.45, 7) is 7.95. The minimum atomic E-state index is -0.481. The molecule has 2 aromatic carbocycles. The van der Waals surface area contributed by atoms with Crippen LogP contribution in [0.15, 0.2) is 54.7 Å². The third kappa shape index (κ3) is 5.54. The second kappa shape index (κ2) is 10.9. The van der Waals surface area contributed by atoms with Crippen molar-refractivity contribution >= 4 is 5.97 Å². The zero-order chi connectivity index (χ0) is 26.7. The maximum Gasteiger partial charge on any atom is 0.306 e. The Balaban J connectivity index is 1.44. The van der Waals surface area contributed by atoms with Crippen LogP contribution in [0.4, 0.5) is 0 Å². The second-order valence-electron chi connectivity index (χ2n) is 11.1. The molecule has 0 unspecified atom stereocenters. The van der Waals surface area contributed by atoms with Gasteiger partial charge in [-0.25, -0.2) is 4.98 Å². The number of unbranched alkanes of at least 4 members (excludes halogenated alkanes) is 1. The molecule has 8 nitrogen and oxygen atoms in total. The van der Waals surface area contributed by atoms with Gasteiger partial charge in [0.05, 0.1) is 12.5 Å². The molecule has 0 bridgehead atoms. The predicted molar refractivity (Wildman–Crippen MR) is 146 cm³/mol. The molecule has 0 saturated heterocycles. The van der Waals surface area contributed by atoms with E-state index >= 15 is 0 Å². The van der Waals surface area contributed by atoms with Gasteiger partial charge in [0, 0.05) is 29.8 Å². The van der Waals surface area contributed by atoms with Crippen LogP contribution in [0.25, 0.3) is 22.5 Å². The van der Waals surface area contributed by atoms with Crippen LogP contribution in [-0.4, -0.2) is 41.7 Å². The van der Waals surface area contributed by atoms with E-state index in [1.54, 1.807) is 0 Å². The van der Waals surface area contributed by atoms with Crippen molar-refractivity contribution in [2.75, 3.05) is 0 Å². The summed E-state index contributed by atoms with van der Waals surface area (Å²) in [5.41, 5.74) is 5.02. The summed E-state index contributed by atoms with van der Waals surface area (Å²) in [4.78, 5) is 17.5. The van der Waals surface area contributed by atoms with E-state index in [1.807, 2.05) is 45.2 Å². The minimum absolute atomic E-state index is 0.116. The van der Waals surface area contributed by atoms with Crippen LogP contribution in [-0.2, 0) is 16.0 Å². The summed E-state index contributed by atoms with van der Waals surface area (Å²) in [6.07, 6.45) is 7.38. The van der Waals surface area contributed by atoms with Crippen molar-refractivity contribution in [3.05, 3.63) is 71.8 Å². The first-order valence-electron chi connectivity index (χ1n) is 13.5. The number of hydrogen-bond acceptors (Lipinski definition) is 6. The second-order valence-corrected chi connectivity index (χ2v) is 11.1. The van der Waals surface area contributed by atoms with Crippen molar-refractivity contribution < 1.29 is 9.53 Å². The van der Waals surface area contributed by atoms with E-state index in [1.165, 1.54) is 5.56 Å². The zero-order valence-corrected chi connectivity index (χ0v) is 22.6. The Morgan fingerprint density at radius 3 is 2.53 bits per heavy atom. The Kier molecular flexibility index (Phi) is 7.40. The Labute approximate surface area is 223 Å². The van der Waals surface area contributed by atoms with Crippen molar-refractivity contribution in [3.8, 4) is 22.5 Å². The first-order chi connectivity index (χ1) is 18.3. The number of nitrogens with one attached hydrogen (secondary N) is 1. The van der Waals surface area contributed by atoms with Crippen LogP contribution >= 0.6 is 0 Å². The summed E-state index contributed by atoms with van der Waals surface area (Å²) in [7, 11) is 0. The van der Waals surface area contributed by atoms with E-state index in [9.17, 15) is 4.79 Å². The molecular formula is C30H36N6O2. The number of carbonyl (C=O) groups is 1. The van der Waals surface area contributed by atoms with Gasteiger partial charge >= 0.3 is 5.97 Å². The van der Waals surface area contributed by atoms with Gasteiger partial charge < -0.3 is 9.30 Å². The summed E-state index contributed by atoms with van der Waals surface area (Å²) in [5.74, 6) is 1.65. The van der Waals surface area contributed by atoms with E-state index in [0.717, 1.165) is 60.3 Å². The molecule has 198 valence electrons. The van der Waals surface area contributed by atoms with Crippen LogP contribution < -0.4 is 0 Å². The largest absolute Gasteiger partial charge is 0.460 e. The van der Waals surface area contributed by atoms with Gasteiger partial charge in [0.2, 0.25) is 5.82 Å². The minimum Gasteiger partial charge on any atom is -0.460 e. The number of nitrogens with zero attached hydrogens (tertiary/aromatic N) is 5. The smallest absolute Gasteiger partial charge is 0.306 e. The molecule has 0 amide bonds. The van der Waals surface area contributed by atoms with Crippen molar-refractivity contribution in [2.45, 2.75) is 83.8 Å². The zero-order valence-electron chi connectivity index (χ0n) is 22.6. The monoisotopic (exact) mass is 512 g/mol. The third-order valence-corrected chi connectivity index (χ3v) is 7.13. The molecular weight excluding hydrogens is 476 g/mol. The molecule has 38 heavy (non-hydrogen) atoms. The highest BCUT2D eigenvalue weighted by atomic mass is 16.6. The van der Waals surface area contributed by atoms with Crippen LogP contribution in [0, 0.1) is 0 Å². The number of aromatic amines is 1. The number of esters is 1. The molecule has 0 spiro atoms. The van der Waals surface area contributed by atoms with Gasteiger partial charge in [-0.3, -0.25) is 4.79 Å². The van der Waals surface area contributed by atoms with Gasteiger partial charge in [-0.05, 0) is 61.9 Å². The fourth-order valence-corrected chi connectivity index (χ4v) is 5.43. The topological polar surface area (TPSA) is 98.6 Å². The molecule has 5 rings (SSSR count). The van der Waals surface area contributed by atoms with Gasteiger partial charge in [-0.1, -0.05) is 61.9 Å². The van der Waals surface area contributed by atoms with Gasteiger partial charge in [-0.2, -0.15) is 5.21 Å². The molecule has 1 aliphatic rings. The number of carbonyl (C=O) groups excluding carboxylic acids is 1. The lowest BCUT2D eigenvalue weighted by Crippen LogP contribution is -2.28. The molecule has 2 aromatic heterocycles. The lowest BCUT2D eigenvalue weighted by Gasteiger charge is -2.33. The van der Waals surface area contributed by atoms with Crippen molar-refractivity contribution in [3.63, 3.8) is 0 Å². The number of H-pyrrole nitrogens is 1. The fourth-order valence-electron chi connectivity index (χ4n) is 5.43. The molecule has 0 radical (unpaired) electrons. The maximum atomic E-state index is 12.7. The predicted octanol–water partition coefficient (Wildman–Crippen LogP) is 6.27. The summed E-state index contributed by atoms with van der Waals surface area (Å²) >= 11 is 0. The number of aromatic nitrogens is 6. The SMILES string of the molecule is CCCCc1ncc2n1[C@@H](c1ccc(-c3ccccc3-c3nn[nH]n3)cc1)CC[C@H]2CC(=O)OC(C)(C)C. The average molecular weight is 513 g/mol. The number of rotatable bonds is 8. The maximum absolute atomic E-state index is 12.7. The first kappa shape index (κ1) is 25.8. The van der Waals surface area contributed by atoms with E-state index in [-0.39, 0.29) is 17.9 Å². The van der Waals surface area contributed by atoms with Crippen molar-refractivity contribution in [1.29, 1.82) is 0 Å². The lowest BCUT2D eigenvalue weighted by atomic mass is 9.86. The van der Waals surface area contributed by atoms with Gasteiger partial charge in [-0.15, -0.1) is 10.2 Å². The van der Waals surface area contributed by atoms with Crippen molar-refractivity contribution in [2.24, 2.45) is 0 Å². The number of hydrogen-bond donors (Lipinski definition) is 1. The van der Waals surface area contributed by atoms with Gasteiger partial charge in [0.15, 0.2) is 0 Å². The highest BCUT2D eigenvalue weighted by Gasteiger charge is 2.33. The third-order valence-electron chi connectivity index (χ3n) is 7.13. The highest BCUT2D eigenvalue weighted by Crippen LogP contribution is 2.41. The number of benzene rings is 2. The molecule has 0 fully saturated rings.